The number of carbonyl (C=O) groups is 1. The highest BCUT2D eigenvalue weighted by Gasteiger charge is 2.27. The quantitative estimate of drug-likeness (QED) is 0.495. The van der Waals surface area contributed by atoms with Gasteiger partial charge in [-0.2, -0.15) is 0 Å². The summed E-state index contributed by atoms with van der Waals surface area (Å²) in [4.78, 5) is 15.9. The van der Waals surface area contributed by atoms with Gasteiger partial charge in [-0.25, -0.2) is 14.2 Å². The number of halogens is 1. The predicted molar refractivity (Wildman–Crippen MR) is 101 cm³/mol. The van der Waals surface area contributed by atoms with Gasteiger partial charge in [-0.05, 0) is 35.7 Å². The minimum atomic E-state index is -0.616. The van der Waals surface area contributed by atoms with Crippen LogP contribution >= 0.6 is 0 Å². The number of hydrogen-bond acceptors (Lipinski definition) is 2. The predicted octanol–water partition coefficient (Wildman–Crippen LogP) is 4.74. The summed E-state index contributed by atoms with van der Waals surface area (Å²) in [6.07, 6.45) is 1.22. The topological polar surface area (TPSA) is 40.4 Å². The van der Waals surface area contributed by atoms with Gasteiger partial charge in [0.1, 0.15) is 5.82 Å². The molecule has 0 aliphatic heterocycles. The number of benzene rings is 3. The third kappa shape index (κ3) is 3.55. The molecule has 0 saturated carbocycles. The van der Waals surface area contributed by atoms with E-state index in [1.54, 1.807) is 0 Å². The Morgan fingerprint density at radius 3 is 2.33 bits per heavy atom. The number of rotatable bonds is 4. The van der Waals surface area contributed by atoms with Gasteiger partial charge < -0.3 is 4.74 Å². The number of aromatic amines is 1. The van der Waals surface area contributed by atoms with Crippen LogP contribution in [0.5, 0.6) is 0 Å². The summed E-state index contributed by atoms with van der Waals surface area (Å²) in [5, 5.41) is 2.02. The number of aromatic nitrogens is 1. The Kier molecular flexibility index (Phi) is 4.62. The molecular weight excluding hydrogens is 341 g/mol. The molecule has 1 aromatic heterocycles. The Balaban J connectivity index is 1.78. The minimum Gasteiger partial charge on any atom is -0.442 e. The van der Waals surface area contributed by atoms with Crippen molar-refractivity contribution in [3.05, 3.63) is 114 Å². The van der Waals surface area contributed by atoms with E-state index >= 15 is 0 Å². The molecule has 4 heteroatoms. The van der Waals surface area contributed by atoms with Crippen molar-refractivity contribution in [2.45, 2.75) is 6.10 Å². The van der Waals surface area contributed by atoms with Gasteiger partial charge in [0.05, 0.1) is 10.9 Å². The molecular formula is C23H17FNO2+. The van der Waals surface area contributed by atoms with Gasteiger partial charge in [0.15, 0.2) is 6.20 Å². The zero-order valence-corrected chi connectivity index (χ0v) is 14.4. The highest BCUT2D eigenvalue weighted by Crippen LogP contribution is 2.29. The number of ether oxygens (including phenoxy) is 1. The van der Waals surface area contributed by atoms with Crippen molar-refractivity contribution < 1.29 is 18.9 Å². The highest BCUT2D eigenvalue weighted by atomic mass is 19.1. The maximum Gasteiger partial charge on any atom is 0.339 e. The Labute approximate surface area is 156 Å². The van der Waals surface area contributed by atoms with E-state index in [1.165, 1.54) is 24.3 Å². The van der Waals surface area contributed by atoms with Crippen LogP contribution in [0.3, 0.4) is 0 Å². The molecule has 0 aliphatic rings. The lowest BCUT2D eigenvalue weighted by Gasteiger charge is -2.16. The molecule has 0 aliphatic carbocycles. The standard InChI is InChI=1S/C23H16FNO2/c24-19-12-10-18(11-13-19)23(26)27-22(17-7-2-1-3-8-17)21-20-9-5-4-6-16(20)14-15-25-21/h1-15,22H/p+1. The monoisotopic (exact) mass is 358 g/mol. The third-order valence-electron chi connectivity index (χ3n) is 4.42. The molecule has 132 valence electrons. The zero-order valence-electron chi connectivity index (χ0n) is 14.4. The molecule has 3 nitrogen and oxygen atoms in total. The number of H-pyrrole nitrogens is 1. The second kappa shape index (κ2) is 7.38. The van der Waals surface area contributed by atoms with Crippen LogP contribution in [0.25, 0.3) is 10.8 Å². The van der Waals surface area contributed by atoms with E-state index in [9.17, 15) is 9.18 Å². The van der Waals surface area contributed by atoms with E-state index in [4.69, 9.17) is 4.74 Å². The van der Waals surface area contributed by atoms with Crippen LogP contribution in [0.4, 0.5) is 4.39 Å². The zero-order chi connectivity index (χ0) is 18.6. The van der Waals surface area contributed by atoms with Gasteiger partial charge in [0.2, 0.25) is 11.8 Å². The lowest BCUT2D eigenvalue weighted by Crippen LogP contribution is -2.21. The van der Waals surface area contributed by atoms with Crippen molar-refractivity contribution in [3.63, 3.8) is 0 Å². The fraction of sp³-hybridized carbons (Fsp3) is 0.0435. The molecule has 1 unspecified atom stereocenters. The molecule has 0 fully saturated rings. The van der Waals surface area contributed by atoms with Crippen LogP contribution < -0.4 is 4.98 Å². The molecule has 4 rings (SSSR count). The van der Waals surface area contributed by atoms with E-state index < -0.39 is 17.9 Å². The summed E-state index contributed by atoms with van der Waals surface area (Å²) in [6.45, 7) is 0. The van der Waals surface area contributed by atoms with Gasteiger partial charge in [-0.1, -0.05) is 48.5 Å². The second-order valence-corrected chi connectivity index (χ2v) is 6.18. The van der Waals surface area contributed by atoms with Crippen LogP contribution in [-0.2, 0) is 4.74 Å². The number of hydrogen-bond donors (Lipinski definition) is 0. The molecule has 4 aromatic rings. The van der Waals surface area contributed by atoms with Gasteiger partial charge in [-0.3, -0.25) is 0 Å². The Hall–Kier alpha value is -3.53. The first-order valence-corrected chi connectivity index (χ1v) is 8.63. The molecule has 1 atom stereocenters. The first-order valence-electron chi connectivity index (χ1n) is 8.63. The minimum absolute atomic E-state index is 0.303. The normalized spacial score (nSPS) is 11.9. The number of carbonyl (C=O) groups excluding carboxylic acids is 1. The SMILES string of the molecule is O=C(OC(c1ccccc1)c1[nH+]ccc2ccccc12)c1ccc(F)cc1. The van der Waals surface area contributed by atoms with Gasteiger partial charge >= 0.3 is 5.97 Å². The van der Waals surface area contributed by atoms with Gasteiger partial charge in [0, 0.05) is 11.6 Å². The maximum absolute atomic E-state index is 13.2. The number of esters is 1. The average Bonchev–Trinajstić information content (AvgIpc) is 2.73. The molecule has 0 amide bonds. The molecule has 0 saturated heterocycles. The van der Waals surface area contributed by atoms with E-state index in [2.05, 4.69) is 4.98 Å². The largest absolute Gasteiger partial charge is 0.442 e. The first-order chi connectivity index (χ1) is 13.2. The van der Waals surface area contributed by atoms with Crippen molar-refractivity contribution in [1.29, 1.82) is 0 Å². The van der Waals surface area contributed by atoms with Crippen molar-refractivity contribution in [3.8, 4) is 0 Å². The van der Waals surface area contributed by atoms with Crippen molar-refractivity contribution in [1.82, 2.24) is 0 Å². The van der Waals surface area contributed by atoms with Crippen LogP contribution in [0.1, 0.15) is 27.7 Å². The highest BCUT2D eigenvalue weighted by molar-refractivity contribution is 5.90. The van der Waals surface area contributed by atoms with Crippen molar-refractivity contribution in [2.75, 3.05) is 0 Å². The fourth-order valence-electron chi connectivity index (χ4n) is 3.09. The Bertz CT molecular complexity index is 1070. The summed E-state index contributed by atoms with van der Waals surface area (Å²) in [5.41, 5.74) is 1.94. The molecule has 0 spiro atoms. The summed E-state index contributed by atoms with van der Waals surface area (Å²) in [6, 6.07) is 24.8. The molecule has 27 heavy (non-hydrogen) atoms. The summed E-state index contributed by atoms with van der Waals surface area (Å²) in [7, 11) is 0. The van der Waals surface area contributed by atoms with Crippen LogP contribution in [0, 0.1) is 5.82 Å². The van der Waals surface area contributed by atoms with Gasteiger partial charge in [-0.15, -0.1) is 0 Å². The number of pyridine rings is 1. The summed E-state index contributed by atoms with van der Waals surface area (Å²) >= 11 is 0. The maximum atomic E-state index is 13.2. The Morgan fingerprint density at radius 1 is 0.852 bits per heavy atom. The van der Waals surface area contributed by atoms with E-state index in [0.29, 0.717) is 5.56 Å². The van der Waals surface area contributed by atoms with E-state index in [0.717, 1.165) is 22.0 Å². The van der Waals surface area contributed by atoms with Crippen LogP contribution in [0.15, 0.2) is 91.1 Å². The molecule has 3 aromatic carbocycles. The Morgan fingerprint density at radius 2 is 1.56 bits per heavy atom. The molecule has 1 N–H and O–H groups in total. The van der Waals surface area contributed by atoms with Crippen molar-refractivity contribution >= 4 is 16.7 Å². The third-order valence-corrected chi connectivity index (χ3v) is 4.42. The average molecular weight is 358 g/mol. The number of fused-ring (bicyclic) bond motifs is 1. The van der Waals surface area contributed by atoms with Crippen LogP contribution in [-0.4, -0.2) is 5.97 Å². The number of nitrogens with one attached hydrogen (secondary N) is 1. The summed E-state index contributed by atoms with van der Waals surface area (Å²) < 4.78 is 19.0. The van der Waals surface area contributed by atoms with E-state index in [1.807, 2.05) is 66.9 Å². The second-order valence-electron chi connectivity index (χ2n) is 6.18. The first kappa shape index (κ1) is 16.9. The molecule has 0 radical (unpaired) electrons. The molecule has 1 heterocycles. The molecule has 0 bridgehead atoms. The lowest BCUT2D eigenvalue weighted by atomic mass is 10.0. The summed E-state index contributed by atoms with van der Waals surface area (Å²) in [5.74, 6) is -0.904. The fourth-order valence-corrected chi connectivity index (χ4v) is 3.09. The lowest BCUT2D eigenvalue weighted by molar-refractivity contribution is -0.395. The van der Waals surface area contributed by atoms with Gasteiger partial charge in [0.25, 0.3) is 0 Å². The smallest absolute Gasteiger partial charge is 0.339 e. The van der Waals surface area contributed by atoms with E-state index in [-0.39, 0.29) is 0 Å². The van der Waals surface area contributed by atoms with Crippen molar-refractivity contribution in [2.24, 2.45) is 0 Å². The van der Waals surface area contributed by atoms with Crippen LogP contribution in [0.2, 0.25) is 0 Å².